The molecule has 1 saturated carbocycles. The third-order valence-corrected chi connectivity index (χ3v) is 6.99. The van der Waals surface area contributed by atoms with Crippen LogP contribution < -0.4 is 10.9 Å². The van der Waals surface area contributed by atoms with Crippen molar-refractivity contribution in [3.05, 3.63) is 75.8 Å². The molecule has 7 heteroatoms. The van der Waals surface area contributed by atoms with Crippen LogP contribution in [0.5, 0.6) is 0 Å². The van der Waals surface area contributed by atoms with E-state index in [1.165, 1.54) is 18.4 Å². The van der Waals surface area contributed by atoms with Gasteiger partial charge < -0.3 is 5.32 Å². The number of aromatic nitrogens is 4. The fourth-order valence-corrected chi connectivity index (χ4v) is 4.92. The summed E-state index contributed by atoms with van der Waals surface area (Å²) < 4.78 is 3.60. The molecule has 7 nitrogen and oxygen atoms in total. The van der Waals surface area contributed by atoms with Gasteiger partial charge in [0.2, 0.25) is 11.7 Å². The molecular formula is C27H31N5O2. The molecule has 2 aromatic heterocycles. The standard InChI is InChI=1S/C27H31N5O2/c1-18-7-11-20(12-8-18)17-31-26(34)22-5-3-4-6-23(22)32-24(29-30-27(31)32)15-16-25(33)28-21-13-9-19(2)10-14-21/h3-8,11-12,19,21H,9-10,13-17H2,1-2H3,(H,28,33). The fraction of sp³-hybridized carbons (Fsp3) is 0.407. The molecule has 1 aliphatic carbocycles. The predicted octanol–water partition coefficient (Wildman–Crippen LogP) is 4.03. The number of fused-ring (bicyclic) bond motifs is 3. The molecule has 0 unspecified atom stereocenters. The number of carbonyl (C=O) groups is 1. The maximum atomic E-state index is 13.4. The van der Waals surface area contributed by atoms with Crippen LogP contribution in [0.1, 0.15) is 56.0 Å². The zero-order chi connectivity index (χ0) is 23.7. The van der Waals surface area contributed by atoms with E-state index in [4.69, 9.17) is 0 Å². The Hall–Kier alpha value is -3.48. The number of benzene rings is 2. The Morgan fingerprint density at radius 1 is 1.03 bits per heavy atom. The fourth-order valence-electron chi connectivity index (χ4n) is 4.92. The van der Waals surface area contributed by atoms with Crippen molar-refractivity contribution in [1.29, 1.82) is 0 Å². The minimum Gasteiger partial charge on any atom is -0.353 e. The molecule has 0 aliphatic heterocycles. The van der Waals surface area contributed by atoms with Crippen molar-refractivity contribution in [2.24, 2.45) is 5.92 Å². The third kappa shape index (κ3) is 4.47. The van der Waals surface area contributed by atoms with Gasteiger partial charge in [-0.1, -0.05) is 48.9 Å². The van der Waals surface area contributed by atoms with E-state index in [1.54, 1.807) is 4.57 Å². The molecule has 1 fully saturated rings. The molecule has 1 aliphatic rings. The van der Waals surface area contributed by atoms with Gasteiger partial charge in [-0.3, -0.25) is 18.6 Å². The molecule has 0 atom stereocenters. The normalized spacial score (nSPS) is 18.4. The molecule has 2 aromatic carbocycles. The SMILES string of the molecule is Cc1ccc(Cn2c(=O)c3ccccc3n3c(CCC(=O)NC4CCC(C)CC4)nnc23)cc1. The highest BCUT2D eigenvalue weighted by Gasteiger charge is 2.21. The van der Waals surface area contributed by atoms with Gasteiger partial charge in [0.15, 0.2) is 0 Å². The van der Waals surface area contributed by atoms with Crippen LogP contribution in [-0.2, 0) is 17.8 Å². The van der Waals surface area contributed by atoms with Gasteiger partial charge in [-0.15, -0.1) is 10.2 Å². The van der Waals surface area contributed by atoms with E-state index >= 15 is 0 Å². The Bertz CT molecular complexity index is 1380. The molecule has 0 radical (unpaired) electrons. The van der Waals surface area contributed by atoms with Crippen molar-refractivity contribution in [2.45, 2.75) is 65.0 Å². The summed E-state index contributed by atoms with van der Waals surface area (Å²) >= 11 is 0. The first-order valence-electron chi connectivity index (χ1n) is 12.2. The summed E-state index contributed by atoms with van der Waals surface area (Å²) in [4.78, 5) is 26.0. The van der Waals surface area contributed by atoms with Crippen LogP contribution >= 0.6 is 0 Å². The largest absolute Gasteiger partial charge is 0.353 e. The van der Waals surface area contributed by atoms with Gasteiger partial charge in [-0.05, 0) is 56.2 Å². The monoisotopic (exact) mass is 457 g/mol. The van der Waals surface area contributed by atoms with E-state index in [9.17, 15) is 9.59 Å². The minimum absolute atomic E-state index is 0.0496. The number of rotatable bonds is 6. The summed E-state index contributed by atoms with van der Waals surface area (Å²) in [6.45, 7) is 4.73. The number of aryl methyl sites for hydroxylation is 2. The van der Waals surface area contributed by atoms with Gasteiger partial charge >= 0.3 is 0 Å². The molecule has 176 valence electrons. The van der Waals surface area contributed by atoms with E-state index in [0.717, 1.165) is 29.8 Å². The highest BCUT2D eigenvalue weighted by molar-refractivity contribution is 5.80. The number of nitrogens with zero attached hydrogens (tertiary/aromatic N) is 4. The first kappa shape index (κ1) is 22.3. The third-order valence-electron chi connectivity index (χ3n) is 6.99. The van der Waals surface area contributed by atoms with Gasteiger partial charge in [-0.25, -0.2) is 0 Å². The molecule has 2 heterocycles. The number of carbonyl (C=O) groups excluding carboxylic acids is 1. The van der Waals surface area contributed by atoms with Crippen LogP contribution in [0.25, 0.3) is 16.7 Å². The Kier molecular flexibility index (Phi) is 6.18. The lowest BCUT2D eigenvalue weighted by atomic mass is 9.87. The second-order valence-corrected chi connectivity index (χ2v) is 9.67. The van der Waals surface area contributed by atoms with Crippen molar-refractivity contribution in [3.8, 4) is 0 Å². The second-order valence-electron chi connectivity index (χ2n) is 9.67. The zero-order valence-corrected chi connectivity index (χ0v) is 19.8. The van der Waals surface area contributed by atoms with Crippen LogP contribution in [0.2, 0.25) is 0 Å². The van der Waals surface area contributed by atoms with E-state index in [1.807, 2.05) is 59.9 Å². The number of para-hydroxylation sites is 1. The van der Waals surface area contributed by atoms with Gasteiger partial charge in [0.05, 0.1) is 17.4 Å². The Labute approximate surface area is 198 Å². The number of amides is 1. The molecule has 1 amide bonds. The smallest absolute Gasteiger partial charge is 0.263 e. The van der Waals surface area contributed by atoms with Crippen LogP contribution in [0, 0.1) is 12.8 Å². The zero-order valence-electron chi connectivity index (χ0n) is 19.8. The van der Waals surface area contributed by atoms with Crippen molar-refractivity contribution < 1.29 is 4.79 Å². The van der Waals surface area contributed by atoms with Crippen LogP contribution in [0.3, 0.4) is 0 Å². The van der Waals surface area contributed by atoms with Gasteiger partial charge in [-0.2, -0.15) is 0 Å². The molecule has 0 bridgehead atoms. The average Bonchev–Trinajstić information content (AvgIpc) is 3.27. The second kappa shape index (κ2) is 9.41. The Morgan fingerprint density at radius 3 is 2.53 bits per heavy atom. The number of hydrogen-bond donors (Lipinski definition) is 1. The van der Waals surface area contributed by atoms with Crippen molar-refractivity contribution in [1.82, 2.24) is 24.5 Å². The molecular weight excluding hydrogens is 426 g/mol. The summed E-state index contributed by atoms with van der Waals surface area (Å²) in [5.41, 5.74) is 2.87. The Balaban J connectivity index is 1.44. The van der Waals surface area contributed by atoms with E-state index < -0.39 is 0 Å². The maximum absolute atomic E-state index is 13.4. The first-order chi connectivity index (χ1) is 16.5. The van der Waals surface area contributed by atoms with E-state index in [2.05, 4.69) is 22.4 Å². The Morgan fingerprint density at radius 2 is 1.76 bits per heavy atom. The van der Waals surface area contributed by atoms with Gasteiger partial charge in [0, 0.05) is 18.9 Å². The maximum Gasteiger partial charge on any atom is 0.263 e. The van der Waals surface area contributed by atoms with Crippen LogP contribution in [-0.4, -0.2) is 31.1 Å². The molecule has 1 N–H and O–H groups in total. The van der Waals surface area contributed by atoms with Crippen molar-refractivity contribution in [2.75, 3.05) is 0 Å². The lowest BCUT2D eigenvalue weighted by Crippen LogP contribution is -2.37. The average molecular weight is 458 g/mol. The lowest BCUT2D eigenvalue weighted by Gasteiger charge is -2.26. The van der Waals surface area contributed by atoms with Crippen LogP contribution in [0.4, 0.5) is 0 Å². The summed E-state index contributed by atoms with van der Waals surface area (Å²) in [7, 11) is 0. The predicted molar refractivity (Wildman–Crippen MR) is 133 cm³/mol. The minimum atomic E-state index is -0.0908. The highest BCUT2D eigenvalue weighted by Crippen LogP contribution is 2.23. The summed E-state index contributed by atoms with van der Waals surface area (Å²) in [6, 6.07) is 15.9. The van der Waals surface area contributed by atoms with E-state index in [-0.39, 0.29) is 17.5 Å². The molecule has 0 saturated heterocycles. The van der Waals surface area contributed by atoms with Gasteiger partial charge in [0.1, 0.15) is 5.82 Å². The molecule has 5 rings (SSSR count). The number of nitrogens with one attached hydrogen (secondary N) is 1. The lowest BCUT2D eigenvalue weighted by molar-refractivity contribution is -0.122. The molecule has 4 aromatic rings. The topological polar surface area (TPSA) is 81.3 Å². The quantitative estimate of drug-likeness (QED) is 0.474. The molecule has 34 heavy (non-hydrogen) atoms. The first-order valence-corrected chi connectivity index (χ1v) is 12.2. The number of hydrogen-bond acceptors (Lipinski definition) is 4. The van der Waals surface area contributed by atoms with Crippen molar-refractivity contribution in [3.63, 3.8) is 0 Å². The van der Waals surface area contributed by atoms with E-state index in [0.29, 0.717) is 36.4 Å². The van der Waals surface area contributed by atoms with Crippen molar-refractivity contribution >= 4 is 22.6 Å². The summed E-state index contributed by atoms with van der Waals surface area (Å²) in [6.07, 6.45) is 5.25. The highest BCUT2D eigenvalue weighted by atomic mass is 16.1. The van der Waals surface area contributed by atoms with Gasteiger partial charge in [0.25, 0.3) is 5.56 Å². The van der Waals surface area contributed by atoms with Crippen LogP contribution in [0.15, 0.2) is 53.3 Å². The molecule has 0 spiro atoms. The summed E-state index contributed by atoms with van der Waals surface area (Å²) in [5.74, 6) is 1.99. The summed E-state index contributed by atoms with van der Waals surface area (Å²) in [5, 5.41) is 12.6.